The van der Waals surface area contributed by atoms with E-state index in [-0.39, 0.29) is 5.91 Å². The van der Waals surface area contributed by atoms with E-state index in [1.54, 1.807) is 36.7 Å². The zero-order valence-electron chi connectivity index (χ0n) is 14.5. The molecule has 8 heteroatoms. The van der Waals surface area contributed by atoms with Crippen molar-refractivity contribution >= 4 is 34.4 Å². The number of H-pyrrole nitrogens is 1. The zero-order chi connectivity index (χ0) is 19.5. The van der Waals surface area contributed by atoms with Crippen LogP contribution in [-0.2, 0) is 4.79 Å². The van der Waals surface area contributed by atoms with E-state index in [9.17, 15) is 4.79 Å². The Kier molecular flexibility index (Phi) is 4.74. The van der Waals surface area contributed by atoms with Crippen molar-refractivity contribution in [1.82, 2.24) is 19.9 Å². The third-order valence-corrected chi connectivity index (χ3v) is 4.16. The summed E-state index contributed by atoms with van der Waals surface area (Å²) in [5, 5.41) is 3.02. The van der Waals surface area contributed by atoms with Crippen LogP contribution in [0, 0.1) is 0 Å². The number of amides is 1. The lowest BCUT2D eigenvalue weighted by Gasteiger charge is -2.10. The van der Waals surface area contributed by atoms with Gasteiger partial charge in [-0.05, 0) is 30.3 Å². The molecule has 4 aromatic rings. The molecule has 2 N–H and O–H groups in total. The lowest BCUT2D eigenvalue weighted by molar-refractivity contribution is -0.111. The molecule has 1 aromatic carbocycles. The number of nitrogens with one attached hydrogen (secondary N) is 2. The highest BCUT2D eigenvalue weighted by Gasteiger charge is 2.15. The van der Waals surface area contributed by atoms with Gasteiger partial charge in [0.1, 0.15) is 22.1 Å². The number of hydrogen-bond acceptors (Lipinski definition) is 5. The highest BCUT2D eigenvalue weighted by atomic mass is 35.5. The summed E-state index contributed by atoms with van der Waals surface area (Å²) < 4.78 is 5.99. The van der Waals surface area contributed by atoms with Crippen LogP contribution in [0.15, 0.2) is 67.6 Å². The number of benzene rings is 1. The van der Waals surface area contributed by atoms with Crippen molar-refractivity contribution in [2.24, 2.45) is 0 Å². The summed E-state index contributed by atoms with van der Waals surface area (Å²) in [6, 6.07) is 10.6. The van der Waals surface area contributed by atoms with Gasteiger partial charge in [0.15, 0.2) is 11.4 Å². The van der Waals surface area contributed by atoms with Gasteiger partial charge in [-0.25, -0.2) is 9.97 Å². The third kappa shape index (κ3) is 3.56. The first-order valence-corrected chi connectivity index (χ1v) is 8.68. The Balaban J connectivity index is 1.72. The van der Waals surface area contributed by atoms with Crippen LogP contribution in [0.3, 0.4) is 0 Å². The van der Waals surface area contributed by atoms with Gasteiger partial charge in [-0.15, -0.1) is 0 Å². The first-order chi connectivity index (χ1) is 13.6. The van der Waals surface area contributed by atoms with Crippen molar-refractivity contribution < 1.29 is 9.53 Å². The number of carbonyl (C=O) groups is 1. The predicted octanol–water partition coefficient (Wildman–Crippen LogP) is 4.59. The van der Waals surface area contributed by atoms with Crippen molar-refractivity contribution in [2.45, 2.75) is 0 Å². The Labute approximate surface area is 165 Å². The lowest BCUT2D eigenvalue weighted by atomic mass is 10.2. The maximum Gasteiger partial charge on any atom is 0.247 e. The zero-order valence-corrected chi connectivity index (χ0v) is 15.3. The summed E-state index contributed by atoms with van der Waals surface area (Å²) in [4.78, 5) is 27.5. The number of aromatic amines is 1. The van der Waals surface area contributed by atoms with E-state index in [0.717, 1.165) is 5.56 Å². The number of nitrogens with zero attached hydrogens (tertiary/aromatic N) is 3. The lowest BCUT2D eigenvalue weighted by Crippen LogP contribution is -2.06. The number of carbonyl (C=O) groups excluding carboxylic acids is 1. The minimum Gasteiger partial charge on any atom is -0.453 e. The molecule has 0 radical (unpaired) electrons. The van der Waals surface area contributed by atoms with Crippen LogP contribution in [0.1, 0.15) is 0 Å². The Morgan fingerprint density at radius 3 is 2.86 bits per heavy atom. The molecule has 0 unspecified atom stereocenters. The average Bonchev–Trinajstić information content (AvgIpc) is 3.16. The summed E-state index contributed by atoms with van der Waals surface area (Å²) in [6.07, 6.45) is 6.05. The van der Waals surface area contributed by atoms with Crippen LogP contribution in [0.5, 0.6) is 11.5 Å². The van der Waals surface area contributed by atoms with E-state index in [1.165, 1.54) is 12.3 Å². The van der Waals surface area contributed by atoms with Crippen LogP contribution in [0.2, 0.25) is 5.02 Å². The fourth-order valence-corrected chi connectivity index (χ4v) is 2.79. The fraction of sp³-hybridized carbons (Fsp3) is 0. The molecule has 0 aliphatic carbocycles. The third-order valence-electron chi connectivity index (χ3n) is 3.89. The molecule has 0 aliphatic rings. The molecule has 0 spiro atoms. The average molecular weight is 392 g/mol. The largest absolute Gasteiger partial charge is 0.453 e. The van der Waals surface area contributed by atoms with E-state index in [1.807, 2.05) is 12.1 Å². The molecule has 0 bridgehead atoms. The molecule has 28 heavy (non-hydrogen) atoms. The van der Waals surface area contributed by atoms with Gasteiger partial charge in [-0.1, -0.05) is 24.2 Å². The van der Waals surface area contributed by atoms with E-state index >= 15 is 0 Å². The van der Waals surface area contributed by atoms with Crippen LogP contribution in [0.4, 0.5) is 5.69 Å². The maximum atomic E-state index is 11.5. The molecule has 3 aromatic heterocycles. The predicted molar refractivity (Wildman–Crippen MR) is 107 cm³/mol. The van der Waals surface area contributed by atoms with Crippen molar-refractivity contribution in [1.29, 1.82) is 0 Å². The fourth-order valence-electron chi connectivity index (χ4n) is 2.61. The minimum atomic E-state index is -0.308. The Morgan fingerprint density at radius 1 is 1.25 bits per heavy atom. The van der Waals surface area contributed by atoms with Crippen molar-refractivity contribution in [3.63, 3.8) is 0 Å². The van der Waals surface area contributed by atoms with Crippen LogP contribution in [0.25, 0.3) is 22.6 Å². The number of fused-ring (bicyclic) bond motifs is 1. The second-order valence-corrected chi connectivity index (χ2v) is 6.19. The van der Waals surface area contributed by atoms with Gasteiger partial charge < -0.3 is 15.0 Å². The first kappa shape index (κ1) is 17.7. The minimum absolute atomic E-state index is 0.308. The summed E-state index contributed by atoms with van der Waals surface area (Å²) in [6.45, 7) is 3.44. The van der Waals surface area contributed by atoms with E-state index < -0.39 is 0 Å². The summed E-state index contributed by atoms with van der Waals surface area (Å²) >= 11 is 6.33. The number of anilines is 1. The van der Waals surface area contributed by atoms with E-state index in [4.69, 9.17) is 16.3 Å². The second kappa shape index (κ2) is 7.50. The molecule has 138 valence electrons. The number of rotatable bonds is 5. The topological polar surface area (TPSA) is 92.8 Å². The Morgan fingerprint density at radius 2 is 2.07 bits per heavy atom. The van der Waals surface area contributed by atoms with Crippen LogP contribution < -0.4 is 10.1 Å². The molecule has 4 rings (SSSR count). The number of hydrogen-bond donors (Lipinski definition) is 2. The monoisotopic (exact) mass is 391 g/mol. The highest BCUT2D eigenvalue weighted by molar-refractivity contribution is 6.32. The first-order valence-electron chi connectivity index (χ1n) is 8.30. The Hall–Kier alpha value is -3.71. The number of ether oxygens (including phenoxy) is 1. The normalized spacial score (nSPS) is 10.6. The van der Waals surface area contributed by atoms with Crippen molar-refractivity contribution in [3.8, 4) is 22.9 Å². The van der Waals surface area contributed by atoms with Gasteiger partial charge in [0, 0.05) is 29.7 Å². The number of pyridine rings is 2. The second-order valence-electron chi connectivity index (χ2n) is 5.78. The maximum absolute atomic E-state index is 11.5. The standard InChI is InChI=1S/C20H14ClN5O2/c1-2-16(27)24-13-4-3-5-14(10-13)28-18-15(21)11-23-20-17(18)25-19(26-20)12-6-8-22-9-7-12/h2-11H,1H2,(H,24,27)(H,23,25,26). The van der Waals surface area contributed by atoms with Gasteiger partial charge in [-0.3, -0.25) is 9.78 Å². The molecule has 1 amide bonds. The summed E-state index contributed by atoms with van der Waals surface area (Å²) in [5.41, 5.74) is 2.48. The van der Waals surface area contributed by atoms with Crippen LogP contribution >= 0.6 is 11.6 Å². The van der Waals surface area contributed by atoms with E-state index in [2.05, 4.69) is 31.8 Å². The van der Waals surface area contributed by atoms with Crippen LogP contribution in [-0.4, -0.2) is 25.8 Å². The molecular weight excluding hydrogens is 378 g/mol. The molecular formula is C20H14ClN5O2. The molecule has 0 atom stereocenters. The quantitative estimate of drug-likeness (QED) is 0.485. The summed E-state index contributed by atoms with van der Waals surface area (Å²) in [5.74, 6) is 1.21. The van der Waals surface area contributed by atoms with E-state index in [0.29, 0.717) is 39.2 Å². The van der Waals surface area contributed by atoms with Gasteiger partial charge in [0.05, 0.1) is 6.20 Å². The summed E-state index contributed by atoms with van der Waals surface area (Å²) in [7, 11) is 0. The Bertz CT molecular complexity index is 1170. The van der Waals surface area contributed by atoms with Crippen molar-refractivity contribution in [3.05, 3.63) is 72.7 Å². The SMILES string of the molecule is C=CC(=O)Nc1cccc(Oc2c(Cl)cnc3nc(-c4ccncc4)[nH]c23)c1. The van der Waals surface area contributed by atoms with Gasteiger partial charge >= 0.3 is 0 Å². The molecule has 0 fully saturated rings. The molecule has 3 heterocycles. The highest BCUT2D eigenvalue weighted by Crippen LogP contribution is 2.36. The number of aromatic nitrogens is 4. The number of imidazole rings is 1. The smallest absolute Gasteiger partial charge is 0.247 e. The van der Waals surface area contributed by atoms with Gasteiger partial charge in [-0.2, -0.15) is 0 Å². The number of halogens is 1. The molecule has 7 nitrogen and oxygen atoms in total. The van der Waals surface area contributed by atoms with Crippen molar-refractivity contribution in [2.75, 3.05) is 5.32 Å². The van der Waals surface area contributed by atoms with Gasteiger partial charge in [0.25, 0.3) is 0 Å². The molecule has 0 aliphatic heterocycles. The molecule has 0 saturated heterocycles. The molecule has 0 saturated carbocycles. The van der Waals surface area contributed by atoms with Gasteiger partial charge in [0.2, 0.25) is 5.91 Å².